The first-order chi connectivity index (χ1) is 8.97. The van der Waals surface area contributed by atoms with Crippen LogP contribution in [0.2, 0.25) is 0 Å². The summed E-state index contributed by atoms with van der Waals surface area (Å²) in [5, 5.41) is 3.66. The molecule has 3 nitrogen and oxygen atoms in total. The largest absolute Gasteiger partial charge is 0.382 e. The van der Waals surface area contributed by atoms with Crippen molar-refractivity contribution < 1.29 is 9.47 Å². The van der Waals surface area contributed by atoms with E-state index in [0.29, 0.717) is 18.1 Å². The lowest BCUT2D eigenvalue weighted by Gasteiger charge is -2.29. The highest BCUT2D eigenvalue weighted by atomic mass is 16.5. The fourth-order valence-corrected chi connectivity index (χ4v) is 3.07. The minimum absolute atomic E-state index is 0.173. The van der Waals surface area contributed by atoms with Crippen LogP contribution in [0.25, 0.3) is 0 Å². The Morgan fingerprint density at radius 2 is 1.84 bits per heavy atom. The van der Waals surface area contributed by atoms with Crippen molar-refractivity contribution in [2.45, 2.75) is 65.0 Å². The second kappa shape index (κ2) is 8.23. The van der Waals surface area contributed by atoms with Gasteiger partial charge in [0.25, 0.3) is 0 Å². The molecular weight excluding hydrogens is 238 g/mol. The summed E-state index contributed by atoms with van der Waals surface area (Å²) in [7, 11) is 3.49. The van der Waals surface area contributed by atoms with Crippen LogP contribution in [0.5, 0.6) is 0 Å². The predicted molar refractivity (Wildman–Crippen MR) is 80.5 cm³/mol. The molecule has 114 valence electrons. The van der Waals surface area contributed by atoms with Crippen molar-refractivity contribution in [2.24, 2.45) is 11.3 Å². The van der Waals surface area contributed by atoms with E-state index >= 15 is 0 Å². The smallest absolute Gasteiger partial charge is 0.0928 e. The molecule has 1 aliphatic carbocycles. The summed E-state index contributed by atoms with van der Waals surface area (Å²) in [4.78, 5) is 0. The Kier molecular flexibility index (Phi) is 7.33. The van der Waals surface area contributed by atoms with Gasteiger partial charge in [-0.15, -0.1) is 0 Å². The Morgan fingerprint density at radius 3 is 2.42 bits per heavy atom. The van der Waals surface area contributed by atoms with E-state index in [2.05, 4.69) is 26.1 Å². The summed E-state index contributed by atoms with van der Waals surface area (Å²) in [6.07, 6.45) is 6.85. The normalized spacial score (nSPS) is 27.0. The number of ether oxygens (including phenoxy) is 2. The highest BCUT2D eigenvalue weighted by Gasteiger charge is 2.27. The Labute approximate surface area is 119 Å². The maximum absolute atomic E-state index is 5.40. The molecule has 0 spiro atoms. The minimum atomic E-state index is 0.173. The van der Waals surface area contributed by atoms with E-state index in [0.717, 1.165) is 12.5 Å². The molecule has 3 atom stereocenters. The molecule has 0 aliphatic heterocycles. The van der Waals surface area contributed by atoms with Crippen molar-refractivity contribution in [2.75, 3.05) is 27.4 Å². The molecule has 0 heterocycles. The topological polar surface area (TPSA) is 30.5 Å². The summed E-state index contributed by atoms with van der Waals surface area (Å²) < 4.78 is 10.6. The van der Waals surface area contributed by atoms with Crippen molar-refractivity contribution >= 4 is 0 Å². The first-order valence-electron chi connectivity index (χ1n) is 7.72. The van der Waals surface area contributed by atoms with Gasteiger partial charge in [0, 0.05) is 26.8 Å². The summed E-state index contributed by atoms with van der Waals surface area (Å²) in [6.45, 7) is 8.71. The van der Waals surface area contributed by atoms with E-state index in [9.17, 15) is 0 Å². The summed E-state index contributed by atoms with van der Waals surface area (Å²) in [5.41, 5.74) is 0.458. The Hall–Kier alpha value is -0.120. The zero-order valence-electron chi connectivity index (χ0n) is 13.5. The molecule has 0 bridgehead atoms. The average molecular weight is 271 g/mol. The molecule has 3 heteroatoms. The van der Waals surface area contributed by atoms with Gasteiger partial charge in [-0.1, -0.05) is 27.2 Å². The Balaban J connectivity index is 2.33. The number of nitrogens with one attached hydrogen (secondary N) is 1. The molecule has 0 aromatic carbocycles. The fourth-order valence-electron chi connectivity index (χ4n) is 3.07. The molecule has 1 aliphatic rings. The SMILES string of the molecule is COCC(CNC1CCCC(C(C)(C)C)CC1)OC. The van der Waals surface area contributed by atoms with Crippen molar-refractivity contribution in [3.63, 3.8) is 0 Å². The number of rotatable bonds is 6. The van der Waals surface area contributed by atoms with Gasteiger partial charge in [0.05, 0.1) is 12.7 Å². The van der Waals surface area contributed by atoms with Gasteiger partial charge in [0.15, 0.2) is 0 Å². The van der Waals surface area contributed by atoms with Gasteiger partial charge in [-0.25, -0.2) is 0 Å². The second-order valence-corrected chi connectivity index (χ2v) is 6.99. The fraction of sp³-hybridized carbons (Fsp3) is 1.00. The summed E-state index contributed by atoms with van der Waals surface area (Å²) >= 11 is 0. The maximum Gasteiger partial charge on any atom is 0.0928 e. The summed E-state index contributed by atoms with van der Waals surface area (Å²) in [6, 6.07) is 0.654. The van der Waals surface area contributed by atoms with Gasteiger partial charge in [0.1, 0.15) is 0 Å². The summed E-state index contributed by atoms with van der Waals surface area (Å²) in [5.74, 6) is 0.872. The molecule has 1 rings (SSSR count). The van der Waals surface area contributed by atoms with E-state index in [1.165, 1.54) is 32.1 Å². The van der Waals surface area contributed by atoms with E-state index in [1.54, 1.807) is 14.2 Å². The van der Waals surface area contributed by atoms with Crippen molar-refractivity contribution in [3.05, 3.63) is 0 Å². The number of methoxy groups -OCH3 is 2. The first kappa shape index (κ1) is 16.9. The molecule has 1 fully saturated rings. The third kappa shape index (κ3) is 6.24. The molecule has 19 heavy (non-hydrogen) atoms. The molecule has 0 aromatic rings. The highest BCUT2D eigenvalue weighted by Crippen LogP contribution is 2.36. The van der Waals surface area contributed by atoms with Crippen LogP contribution in [0.15, 0.2) is 0 Å². The predicted octanol–water partition coefficient (Wildman–Crippen LogP) is 3.23. The van der Waals surface area contributed by atoms with Crippen molar-refractivity contribution in [3.8, 4) is 0 Å². The molecule has 0 radical (unpaired) electrons. The maximum atomic E-state index is 5.40. The van der Waals surface area contributed by atoms with Gasteiger partial charge in [0.2, 0.25) is 0 Å². The van der Waals surface area contributed by atoms with Gasteiger partial charge < -0.3 is 14.8 Å². The standard InChI is InChI=1S/C16H33NO2/c1-16(2,3)13-7-6-8-14(10-9-13)17-11-15(19-5)12-18-4/h13-15,17H,6-12H2,1-5H3. The van der Waals surface area contributed by atoms with Crippen LogP contribution >= 0.6 is 0 Å². The zero-order valence-corrected chi connectivity index (χ0v) is 13.5. The molecule has 0 aromatic heterocycles. The van der Waals surface area contributed by atoms with Crippen LogP contribution in [0, 0.1) is 11.3 Å². The van der Waals surface area contributed by atoms with E-state index in [1.807, 2.05) is 0 Å². The third-order valence-corrected chi connectivity index (χ3v) is 4.51. The van der Waals surface area contributed by atoms with Gasteiger partial charge in [-0.2, -0.15) is 0 Å². The lowest BCUT2D eigenvalue weighted by molar-refractivity contribution is 0.0270. The highest BCUT2D eigenvalue weighted by molar-refractivity contribution is 4.81. The van der Waals surface area contributed by atoms with Gasteiger partial charge >= 0.3 is 0 Å². The molecule has 1 N–H and O–H groups in total. The van der Waals surface area contributed by atoms with Crippen LogP contribution in [0.1, 0.15) is 52.9 Å². The second-order valence-electron chi connectivity index (χ2n) is 6.99. The van der Waals surface area contributed by atoms with Crippen LogP contribution in [0.3, 0.4) is 0 Å². The first-order valence-corrected chi connectivity index (χ1v) is 7.72. The third-order valence-electron chi connectivity index (χ3n) is 4.51. The Bertz CT molecular complexity index is 237. The number of hydrogen-bond donors (Lipinski definition) is 1. The van der Waals surface area contributed by atoms with Crippen LogP contribution in [-0.2, 0) is 9.47 Å². The van der Waals surface area contributed by atoms with Crippen molar-refractivity contribution in [1.82, 2.24) is 5.32 Å². The molecule has 0 amide bonds. The van der Waals surface area contributed by atoms with E-state index < -0.39 is 0 Å². The monoisotopic (exact) mass is 271 g/mol. The van der Waals surface area contributed by atoms with Crippen LogP contribution in [0.4, 0.5) is 0 Å². The average Bonchev–Trinajstić information content (AvgIpc) is 2.59. The van der Waals surface area contributed by atoms with Gasteiger partial charge in [-0.3, -0.25) is 0 Å². The van der Waals surface area contributed by atoms with E-state index in [-0.39, 0.29) is 6.10 Å². The van der Waals surface area contributed by atoms with E-state index in [4.69, 9.17) is 9.47 Å². The van der Waals surface area contributed by atoms with Crippen molar-refractivity contribution in [1.29, 1.82) is 0 Å². The molecule has 0 saturated heterocycles. The zero-order chi connectivity index (χ0) is 14.3. The van der Waals surface area contributed by atoms with Crippen LogP contribution in [-0.4, -0.2) is 39.5 Å². The molecule has 1 saturated carbocycles. The number of hydrogen-bond acceptors (Lipinski definition) is 3. The lowest BCUT2D eigenvalue weighted by Crippen LogP contribution is -2.38. The van der Waals surface area contributed by atoms with Crippen LogP contribution < -0.4 is 5.32 Å². The molecular formula is C16H33NO2. The molecule has 3 unspecified atom stereocenters. The quantitative estimate of drug-likeness (QED) is 0.752. The Morgan fingerprint density at radius 1 is 1.11 bits per heavy atom. The minimum Gasteiger partial charge on any atom is -0.382 e. The van der Waals surface area contributed by atoms with Gasteiger partial charge in [-0.05, 0) is 37.0 Å². The lowest BCUT2D eigenvalue weighted by atomic mass is 9.76.